The Labute approximate surface area is 99.8 Å². The van der Waals surface area contributed by atoms with Gasteiger partial charge >= 0.3 is 6.18 Å². The molecule has 5 heteroatoms. The molecule has 2 N–H and O–H groups in total. The van der Waals surface area contributed by atoms with Gasteiger partial charge in [0.25, 0.3) is 0 Å². The lowest BCUT2D eigenvalue weighted by Gasteiger charge is -2.19. The predicted molar refractivity (Wildman–Crippen MR) is 62.2 cm³/mol. The van der Waals surface area contributed by atoms with Crippen molar-refractivity contribution in [3.05, 3.63) is 11.3 Å². The van der Waals surface area contributed by atoms with E-state index in [1.54, 1.807) is 13.8 Å². The summed E-state index contributed by atoms with van der Waals surface area (Å²) in [6, 6.07) is 0.276. The maximum Gasteiger partial charge on any atom is 0.432 e. The van der Waals surface area contributed by atoms with Gasteiger partial charge < -0.3 is 5.32 Å². The monoisotopic (exact) mass is 248 g/mol. The highest BCUT2D eigenvalue weighted by Crippen LogP contribution is 2.25. The van der Waals surface area contributed by atoms with E-state index in [0.29, 0.717) is 5.70 Å². The SMILES string of the molecule is CC/C(C(=N)C(F)(F)F)=C(\C)NC1CCCC1. The van der Waals surface area contributed by atoms with Crippen molar-refractivity contribution in [3.63, 3.8) is 0 Å². The van der Waals surface area contributed by atoms with Gasteiger partial charge in [0.1, 0.15) is 5.71 Å². The van der Waals surface area contributed by atoms with E-state index >= 15 is 0 Å². The standard InChI is InChI=1S/C12H19F3N2/c1-3-10(11(16)12(13,14)15)8(2)17-9-6-4-5-7-9/h9,16-17H,3-7H2,1-2H3/b10-8-,16-11?. The first-order valence-corrected chi connectivity index (χ1v) is 5.98. The lowest BCUT2D eigenvalue weighted by molar-refractivity contribution is -0.0591. The van der Waals surface area contributed by atoms with Crippen LogP contribution in [-0.4, -0.2) is 17.9 Å². The molecule has 1 fully saturated rings. The summed E-state index contributed by atoms with van der Waals surface area (Å²) in [4.78, 5) is 0. The average Bonchev–Trinajstić information content (AvgIpc) is 2.70. The Balaban J connectivity index is 2.78. The van der Waals surface area contributed by atoms with Gasteiger partial charge in [0.15, 0.2) is 0 Å². The zero-order chi connectivity index (χ0) is 13.1. The normalized spacial score (nSPS) is 19.1. The van der Waals surface area contributed by atoms with Crippen molar-refractivity contribution < 1.29 is 13.2 Å². The van der Waals surface area contributed by atoms with E-state index in [4.69, 9.17) is 5.41 Å². The molecule has 0 radical (unpaired) electrons. The van der Waals surface area contributed by atoms with Gasteiger partial charge in [-0.1, -0.05) is 19.8 Å². The molecule has 0 unspecified atom stereocenters. The Morgan fingerprint density at radius 1 is 1.29 bits per heavy atom. The summed E-state index contributed by atoms with van der Waals surface area (Å²) in [5.41, 5.74) is -0.644. The third-order valence-corrected chi connectivity index (χ3v) is 3.17. The second kappa shape index (κ2) is 5.56. The van der Waals surface area contributed by atoms with Gasteiger partial charge in [-0.2, -0.15) is 13.2 Å². The lowest BCUT2D eigenvalue weighted by atomic mass is 10.0. The number of halogens is 3. The highest BCUT2D eigenvalue weighted by atomic mass is 19.4. The van der Waals surface area contributed by atoms with Crippen LogP contribution >= 0.6 is 0 Å². The molecule has 0 spiro atoms. The van der Waals surface area contributed by atoms with E-state index in [1.807, 2.05) is 0 Å². The van der Waals surface area contributed by atoms with Crippen molar-refractivity contribution in [1.29, 1.82) is 5.41 Å². The van der Waals surface area contributed by atoms with Crippen LogP contribution in [0.3, 0.4) is 0 Å². The number of alkyl halides is 3. The molecule has 0 aliphatic heterocycles. The first-order chi connectivity index (χ1) is 7.86. The minimum atomic E-state index is -4.55. The molecule has 0 aromatic rings. The van der Waals surface area contributed by atoms with Crippen LogP contribution in [0.5, 0.6) is 0 Å². The summed E-state index contributed by atoms with van der Waals surface area (Å²) in [6.07, 6.45) is -0.0541. The van der Waals surface area contributed by atoms with Gasteiger partial charge in [-0.25, -0.2) is 0 Å². The van der Waals surface area contributed by atoms with Crippen molar-refractivity contribution in [3.8, 4) is 0 Å². The quantitative estimate of drug-likeness (QED) is 0.730. The molecular weight excluding hydrogens is 229 g/mol. The van der Waals surface area contributed by atoms with Crippen molar-refractivity contribution in [1.82, 2.24) is 5.32 Å². The Morgan fingerprint density at radius 3 is 2.24 bits per heavy atom. The fourth-order valence-electron chi connectivity index (χ4n) is 2.26. The van der Waals surface area contributed by atoms with Crippen LogP contribution in [0.4, 0.5) is 13.2 Å². The Morgan fingerprint density at radius 2 is 1.82 bits per heavy atom. The lowest BCUT2D eigenvalue weighted by Crippen LogP contribution is -2.30. The zero-order valence-electron chi connectivity index (χ0n) is 10.2. The molecular formula is C12H19F3N2. The topological polar surface area (TPSA) is 35.9 Å². The van der Waals surface area contributed by atoms with Crippen LogP contribution < -0.4 is 5.32 Å². The number of nitrogens with one attached hydrogen (secondary N) is 2. The molecule has 0 atom stereocenters. The maximum atomic E-state index is 12.5. The number of hydrogen-bond donors (Lipinski definition) is 2. The van der Waals surface area contributed by atoms with Gasteiger partial charge in [0.05, 0.1) is 0 Å². The highest BCUT2D eigenvalue weighted by Gasteiger charge is 2.36. The summed E-state index contributed by atoms with van der Waals surface area (Å²) in [5, 5.41) is 10.3. The summed E-state index contributed by atoms with van der Waals surface area (Å²) in [6.45, 7) is 3.28. The first kappa shape index (κ1) is 14.1. The first-order valence-electron chi connectivity index (χ1n) is 5.98. The van der Waals surface area contributed by atoms with E-state index in [-0.39, 0.29) is 18.0 Å². The zero-order valence-corrected chi connectivity index (χ0v) is 10.2. The third kappa shape index (κ3) is 3.75. The van der Waals surface area contributed by atoms with Crippen LogP contribution in [0, 0.1) is 5.41 Å². The van der Waals surface area contributed by atoms with Crippen LogP contribution in [0.25, 0.3) is 0 Å². The van der Waals surface area contributed by atoms with Crippen LogP contribution in [0.1, 0.15) is 46.0 Å². The van der Waals surface area contributed by atoms with Crippen LogP contribution in [0.15, 0.2) is 11.3 Å². The Kier molecular flexibility index (Phi) is 4.60. The third-order valence-electron chi connectivity index (χ3n) is 3.17. The Hall–Kier alpha value is -1.00. The highest BCUT2D eigenvalue weighted by molar-refractivity contribution is 6.02. The molecule has 0 heterocycles. The summed E-state index contributed by atoms with van der Waals surface area (Å²) >= 11 is 0. The number of allylic oxidation sites excluding steroid dienone is 2. The van der Waals surface area contributed by atoms with Gasteiger partial charge in [0.2, 0.25) is 0 Å². The summed E-state index contributed by atoms with van der Waals surface area (Å²) in [5.74, 6) is 0. The van der Waals surface area contributed by atoms with E-state index in [2.05, 4.69) is 5.32 Å². The number of rotatable bonds is 4. The Bertz CT molecular complexity index is 312. The molecule has 98 valence electrons. The minimum Gasteiger partial charge on any atom is -0.386 e. The van der Waals surface area contributed by atoms with Gasteiger partial charge in [-0.05, 0) is 26.2 Å². The van der Waals surface area contributed by atoms with Crippen LogP contribution in [-0.2, 0) is 0 Å². The fraction of sp³-hybridized carbons (Fsp3) is 0.750. The summed E-state index contributed by atoms with van der Waals surface area (Å²) in [7, 11) is 0. The van der Waals surface area contributed by atoms with Gasteiger partial charge in [-0.3, -0.25) is 5.41 Å². The molecule has 1 saturated carbocycles. The predicted octanol–water partition coefficient (Wildman–Crippen LogP) is 3.78. The van der Waals surface area contributed by atoms with Crippen molar-refractivity contribution >= 4 is 5.71 Å². The molecule has 0 aromatic heterocycles. The molecule has 17 heavy (non-hydrogen) atoms. The van der Waals surface area contributed by atoms with Crippen molar-refractivity contribution in [2.24, 2.45) is 0 Å². The van der Waals surface area contributed by atoms with Crippen molar-refractivity contribution in [2.45, 2.75) is 58.2 Å². The summed E-state index contributed by atoms with van der Waals surface area (Å²) < 4.78 is 37.4. The molecule has 1 aliphatic rings. The minimum absolute atomic E-state index is 0.0735. The van der Waals surface area contributed by atoms with Crippen molar-refractivity contribution in [2.75, 3.05) is 0 Å². The van der Waals surface area contributed by atoms with Gasteiger partial charge in [-0.15, -0.1) is 0 Å². The maximum absolute atomic E-state index is 12.5. The second-order valence-corrected chi connectivity index (χ2v) is 4.46. The molecule has 0 amide bonds. The number of hydrogen-bond acceptors (Lipinski definition) is 2. The van der Waals surface area contributed by atoms with E-state index < -0.39 is 11.9 Å². The molecule has 0 bridgehead atoms. The van der Waals surface area contributed by atoms with Gasteiger partial charge in [0, 0.05) is 17.3 Å². The molecule has 0 aromatic carbocycles. The molecule has 2 nitrogen and oxygen atoms in total. The van der Waals surface area contributed by atoms with Crippen LogP contribution in [0.2, 0.25) is 0 Å². The fourth-order valence-corrected chi connectivity index (χ4v) is 2.26. The average molecular weight is 248 g/mol. The van der Waals surface area contributed by atoms with E-state index in [9.17, 15) is 13.2 Å². The molecule has 0 saturated heterocycles. The molecule has 1 aliphatic carbocycles. The van der Waals surface area contributed by atoms with E-state index in [1.165, 1.54) is 0 Å². The smallest absolute Gasteiger partial charge is 0.386 e. The second-order valence-electron chi connectivity index (χ2n) is 4.46. The van der Waals surface area contributed by atoms with E-state index in [0.717, 1.165) is 25.7 Å². The largest absolute Gasteiger partial charge is 0.432 e. The molecule has 1 rings (SSSR count).